The van der Waals surface area contributed by atoms with Crippen molar-refractivity contribution in [2.45, 2.75) is 13.2 Å². The van der Waals surface area contributed by atoms with Crippen molar-refractivity contribution in [2.24, 2.45) is 0 Å². The molecule has 0 aliphatic rings. The van der Waals surface area contributed by atoms with E-state index in [1.807, 2.05) is 0 Å². The van der Waals surface area contributed by atoms with Gasteiger partial charge < -0.3 is 19.3 Å². The van der Waals surface area contributed by atoms with Crippen LogP contribution in [0.3, 0.4) is 0 Å². The molecule has 0 aliphatic heterocycles. The second-order valence-electron chi connectivity index (χ2n) is 2.48. The van der Waals surface area contributed by atoms with Crippen LogP contribution in [0.2, 0.25) is 0 Å². The molecule has 0 saturated carbocycles. The standard InChI is InChI=1S/C9H14O6/c1-3-8(12)15-9(14-7(2)11)6-13-5-4-10/h3,9-10H,1,4-6H2,2H3. The highest BCUT2D eigenvalue weighted by molar-refractivity contribution is 5.81. The molecule has 15 heavy (non-hydrogen) atoms. The van der Waals surface area contributed by atoms with Crippen molar-refractivity contribution in [3.63, 3.8) is 0 Å². The van der Waals surface area contributed by atoms with Crippen molar-refractivity contribution in [2.75, 3.05) is 19.8 Å². The maximum Gasteiger partial charge on any atom is 0.333 e. The minimum atomic E-state index is -1.11. The van der Waals surface area contributed by atoms with Crippen LogP contribution in [-0.2, 0) is 23.8 Å². The van der Waals surface area contributed by atoms with E-state index in [9.17, 15) is 9.59 Å². The smallest absolute Gasteiger partial charge is 0.333 e. The van der Waals surface area contributed by atoms with E-state index in [1.54, 1.807) is 0 Å². The first-order valence-electron chi connectivity index (χ1n) is 4.29. The van der Waals surface area contributed by atoms with E-state index in [0.29, 0.717) is 0 Å². The maximum atomic E-state index is 10.8. The average molecular weight is 218 g/mol. The summed E-state index contributed by atoms with van der Waals surface area (Å²) in [6.45, 7) is 4.16. The van der Waals surface area contributed by atoms with Crippen LogP contribution in [0.15, 0.2) is 12.7 Å². The van der Waals surface area contributed by atoms with Gasteiger partial charge in [-0.3, -0.25) is 4.79 Å². The summed E-state index contributed by atoms with van der Waals surface area (Å²) in [7, 11) is 0. The molecule has 0 amide bonds. The lowest BCUT2D eigenvalue weighted by Crippen LogP contribution is -2.28. The Labute approximate surface area is 87.4 Å². The number of carbonyl (C=O) groups excluding carboxylic acids is 2. The molecule has 6 heteroatoms. The number of carbonyl (C=O) groups is 2. The maximum absolute atomic E-state index is 10.8. The van der Waals surface area contributed by atoms with Gasteiger partial charge in [0.15, 0.2) is 0 Å². The third-order valence-corrected chi connectivity index (χ3v) is 1.20. The molecule has 0 rings (SSSR count). The number of esters is 2. The van der Waals surface area contributed by atoms with Crippen LogP contribution >= 0.6 is 0 Å². The highest BCUT2D eigenvalue weighted by atomic mass is 16.7. The summed E-state index contributed by atoms with van der Waals surface area (Å²) in [5.74, 6) is -1.31. The molecular weight excluding hydrogens is 204 g/mol. The van der Waals surface area contributed by atoms with Crippen LogP contribution < -0.4 is 0 Å². The predicted octanol–water partition coefficient (Wildman–Crippen LogP) is -0.386. The van der Waals surface area contributed by atoms with E-state index >= 15 is 0 Å². The molecule has 0 aliphatic carbocycles. The van der Waals surface area contributed by atoms with E-state index in [2.05, 4.69) is 16.1 Å². The number of ether oxygens (including phenoxy) is 3. The first-order valence-corrected chi connectivity index (χ1v) is 4.29. The van der Waals surface area contributed by atoms with Gasteiger partial charge in [0.2, 0.25) is 0 Å². The third-order valence-electron chi connectivity index (χ3n) is 1.20. The highest BCUT2D eigenvalue weighted by Gasteiger charge is 2.15. The molecular formula is C9H14O6. The molecule has 0 spiro atoms. The highest BCUT2D eigenvalue weighted by Crippen LogP contribution is 1.98. The van der Waals surface area contributed by atoms with Gasteiger partial charge in [0.25, 0.3) is 6.29 Å². The number of hydrogen-bond donors (Lipinski definition) is 1. The second-order valence-corrected chi connectivity index (χ2v) is 2.48. The summed E-state index contributed by atoms with van der Waals surface area (Å²) in [5, 5.41) is 8.43. The largest absolute Gasteiger partial charge is 0.423 e. The fourth-order valence-corrected chi connectivity index (χ4v) is 0.699. The minimum absolute atomic E-state index is 0.0728. The molecule has 0 fully saturated rings. The van der Waals surface area contributed by atoms with Gasteiger partial charge in [-0.1, -0.05) is 6.58 Å². The van der Waals surface area contributed by atoms with Crippen molar-refractivity contribution >= 4 is 11.9 Å². The number of rotatable bonds is 7. The van der Waals surface area contributed by atoms with Gasteiger partial charge in [0.1, 0.15) is 6.61 Å². The molecule has 0 aromatic carbocycles. The van der Waals surface area contributed by atoms with E-state index in [4.69, 9.17) is 9.84 Å². The molecule has 1 N–H and O–H groups in total. The van der Waals surface area contributed by atoms with Crippen LogP contribution in [-0.4, -0.2) is 43.2 Å². The first kappa shape index (κ1) is 13.6. The van der Waals surface area contributed by atoms with Gasteiger partial charge in [0, 0.05) is 13.0 Å². The molecule has 0 aromatic rings. The lowest BCUT2D eigenvalue weighted by molar-refractivity contribution is -0.192. The van der Waals surface area contributed by atoms with E-state index in [1.165, 1.54) is 6.92 Å². The van der Waals surface area contributed by atoms with Crippen LogP contribution in [0.5, 0.6) is 0 Å². The Balaban J connectivity index is 3.99. The van der Waals surface area contributed by atoms with Crippen LogP contribution in [0.4, 0.5) is 0 Å². The van der Waals surface area contributed by atoms with E-state index < -0.39 is 18.2 Å². The molecule has 86 valence electrons. The van der Waals surface area contributed by atoms with Crippen molar-refractivity contribution in [1.82, 2.24) is 0 Å². The Bertz CT molecular complexity index is 225. The molecule has 0 radical (unpaired) electrons. The van der Waals surface area contributed by atoms with Gasteiger partial charge in [-0.15, -0.1) is 0 Å². The van der Waals surface area contributed by atoms with Crippen molar-refractivity contribution in [3.05, 3.63) is 12.7 Å². The third kappa shape index (κ3) is 7.65. The quantitative estimate of drug-likeness (QED) is 0.271. The molecule has 0 saturated heterocycles. The zero-order chi connectivity index (χ0) is 11.7. The lowest BCUT2D eigenvalue weighted by Gasteiger charge is -2.16. The molecule has 6 nitrogen and oxygen atoms in total. The summed E-state index contributed by atoms with van der Waals surface area (Å²) >= 11 is 0. The normalized spacial score (nSPS) is 11.6. The fraction of sp³-hybridized carbons (Fsp3) is 0.556. The van der Waals surface area contributed by atoms with Gasteiger partial charge in [-0.25, -0.2) is 4.79 Å². The SMILES string of the molecule is C=CC(=O)OC(COCCO)OC(C)=O. The number of aliphatic hydroxyl groups excluding tert-OH is 1. The second kappa shape index (κ2) is 7.95. The van der Waals surface area contributed by atoms with Crippen molar-refractivity contribution in [3.8, 4) is 0 Å². The van der Waals surface area contributed by atoms with E-state index in [0.717, 1.165) is 6.08 Å². The Kier molecular flexibility index (Phi) is 7.21. The summed E-state index contributed by atoms with van der Waals surface area (Å²) in [4.78, 5) is 21.4. The average Bonchev–Trinajstić information content (AvgIpc) is 2.17. The zero-order valence-corrected chi connectivity index (χ0v) is 8.47. The Morgan fingerprint density at radius 2 is 2.13 bits per heavy atom. The first-order chi connectivity index (χ1) is 7.10. The van der Waals surface area contributed by atoms with E-state index in [-0.39, 0.29) is 19.8 Å². The van der Waals surface area contributed by atoms with Crippen LogP contribution in [0.25, 0.3) is 0 Å². The fourth-order valence-electron chi connectivity index (χ4n) is 0.699. The van der Waals surface area contributed by atoms with Gasteiger partial charge >= 0.3 is 11.9 Å². The Morgan fingerprint density at radius 3 is 2.60 bits per heavy atom. The molecule has 0 heterocycles. The van der Waals surface area contributed by atoms with Gasteiger partial charge in [0.05, 0.1) is 13.2 Å². The van der Waals surface area contributed by atoms with Crippen molar-refractivity contribution in [1.29, 1.82) is 0 Å². The van der Waals surface area contributed by atoms with Crippen LogP contribution in [0, 0.1) is 0 Å². The predicted molar refractivity (Wildman–Crippen MR) is 49.7 cm³/mol. The Morgan fingerprint density at radius 1 is 1.47 bits per heavy atom. The summed E-state index contributed by atoms with van der Waals surface area (Å²) in [5.41, 5.74) is 0. The number of aliphatic hydroxyl groups is 1. The summed E-state index contributed by atoms with van der Waals surface area (Å²) < 4.78 is 14.1. The Hall–Kier alpha value is -1.40. The monoisotopic (exact) mass is 218 g/mol. The van der Waals surface area contributed by atoms with Gasteiger partial charge in [-0.2, -0.15) is 0 Å². The topological polar surface area (TPSA) is 82.1 Å². The van der Waals surface area contributed by atoms with Gasteiger partial charge in [-0.05, 0) is 0 Å². The lowest BCUT2D eigenvalue weighted by atomic mass is 10.6. The number of hydrogen-bond acceptors (Lipinski definition) is 6. The summed E-state index contributed by atoms with van der Waals surface area (Å²) in [6, 6.07) is 0. The summed E-state index contributed by atoms with van der Waals surface area (Å²) in [6.07, 6.45) is -0.165. The molecule has 0 bridgehead atoms. The minimum Gasteiger partial charge on any atom is -0.423 e. The van der Waals surface area contributed by atoms with Crippen LogP contribution in [0.1, 0.15) is 6.92 Å². The molecule has 0 aromatic heterocycles. The zero-order valence-electron chi connectivity index (χ0n) is 8.47. The molecule has 1 atom stereocenters. The molecule has 1 unspecified atom stereocenters. The van der Waals surface area contributed by atoms with Crippen molar-refractivity contribution < 1.29 is 28.9 Å².